The Morgan fingerprint density at radius 1 is 1.30 bits per heavy atom. The zero-order chi connectivity index (χ0) is 14.5. The molecule has 2 N–H and O–H groups in total. The van der Waals surface area contributed by atoms with Crippen molar-refractivity contribution < 1.29 is 4.79 Å². The fourth-order valence-electron chi connectivity index (χ4n) is 3.10. The van der Waals surface area contributed by atoms with Gasteiger partial charge in [-0.1, -0.05) is 25.8 Å². The Balaban J connectivity index is 2.14. The van der Waals surface area contributed by atoms with E-state index in [4.69, 9.17) is 0 Å². The van der Waals surface area contributed by atoms with Gasteiger partial charge in [-0.25, -0.2) is 0 Å². The van der Waals surface area contributed by atoms with Crippen molar-refractivity contribution in [2.45, 2.75) is 52.5 Å². The summed E-state index contributed by atoms with van der Waals surface area (Å²) < 4.78 is 0. The second-order valence-corrected chi connectivity index (χ2v) is 5.74. The first-order valence-electron chi connectivity index (χ1n) is 7.81. The highest BCUT2D eigenvalue weighted by Gasteiger charge is 2.25. The Morgan fingerprint density at radius 2 is 2.10 bits per heavy atom. The van der Waals surface area contributed by atoms with Crippen LogP contribution in [-0.2, 0) is 0 Å². The first kappa shape index (κ1) is 14.9. The Morgan fingerprint density at radius 3 is 2.80 bits per heavy atom. The van der Waals surface area contributed by atoms with E-state index < -0.39 is 0 Å². The molecule has 1 aliphatic rings. The Kier molecular flexibility index (Phi) is 5.05. The van der Waals surface area contributed by atoms with Crippen molar-refractivity contribution in [2.75, 3.05) is 11.9 Å². The molecule has 2 unspecified atom stereocenters. The van der Waals surface area contributed by atoms with Gasteiger partial charge in [-0.2, -0.15) is 0 Å². The minimum absolute atomic E-state index is 0.00835. The molecule has 0 spiro atoms. The molecule has 0 radical (unpaired) electrons. The normalized spacial score (nSPS) is 21.8. The largest absolute Gasteiger partial charge is 0.382 e. The fraction of sp³-hybridized carbons (Fsp3) is 0.588. The number of amides is 1. The van der Waals surface area contributed by atoms with E-state index in [2.05, 4.69) is 24.5 Å². The summed E-state index contributed by atoms with van der Waals surface area (Å²) in [5.74, 6) is 0.775. The van der Waals surface area contributed by atoms with Gasteiger partial charge in [0.25, 0.3) is 5.91 Å². The summed E-state index contributed by atoms with van der Waals surface area (Å²) >= 11 is 0. The van der Waals surface area contributed by atoms with Crippen LogP contribution in [0.1, 0.15) is 55.5 Å². The van der Waals surface area contributed by atoms with Gasteiger partial charge in [0, 0.05) is 23.8 Å². The van der Waals surface area contributed by atoms with Gasteiger partial charge < -0.3 is 10.6 Å². The average molecular weight is 274 g/mol. The number of hydrogen-bond acceptors (Lipinski definition) is 2. The van der Waals surface area contributed by atoms with Gasteiger partial charge in [0.1, 0.15) is 0 Å². The van der Waals surface area contributed by atoms with Gasteiger partial charge in [-0.15, -0.1) is 0 Å². The van der Waals surface area contributed by atoms with Crippen molar-refractivity contribution in [3.05, 3.63) is 29.3 Å². The molecule has 20 heavy (non-hydrogen) atoms. The number of hydrogen-bond donors (Lipinski definition) is 2. The summed E-state index contributed by atoms with van der Waals surface area (Å²) in [5, 5.41) is 6.52. The van der Waals surface area contributed by atoms with E-state index in [0.29, 0.717) is 12.6 Å². The van der Waals surface area contributed by atoms with Crippen molar-refractivity contribution in [3.63, 3.8) is 0 Å². The van der Waals surface area contributed by atoms with Crippen molar-refractivity contribution in [3.8, 4) is 0 Å². The number of anilines is 1. The molecule has 0 bridgehead atoms. The lowest BCUT2D eigenvalue weighted by atomic mass is 9.99. The Labute approximate surface area is 122 Å². The van der Waals surface area contributed by atoms with Gasteiger partial charge in [0.2, 0.25) is 0 Å². The number of rotatable bonds is 5. The maximum absolute atomic E-state index is 11.9. The predicted octanol–water partition coefficient (Wildman–Crippen LogP) is 3.74. The molecule has 2 rings (SSSR count). The summed E-state index contributed by atoms with van der Waals surface area (Å²) in [6, 6.07) is 6.48. The fourth-order valence-corrected chi connectivity index (χ4v) is 3.10. The highest BCUT2D eigenvalue weighted by atomic mass is 16.1. The molecule has 1 amide bonds. The monoisotopic (exact) mass is 274 g/mol. The van der Waals surface area contributed by atoms with E-state index in [-0.39, 0.29) is 5.91 Å². The van der Waals surface area contributed by atoms with E-state index in [9.17, 15) is 4.79 Å². The predicted molar refractivity (Wildman–Crippen MR) is 84.2 cm³/mol. The van der Waals surface area contributed by atoms with Crippen molar-refractivity contribution in [2.24, 2.45) is 5.92 Å². The van der Waals surface area contributed by atoms with Crippen LogP contribution in [0.15, 0.2) is 18.2 Å². The number of aryl methyl sites for hydroxylation is 1. The third-order valence-corrected chi connectivity index (χ3v) is 4.36. The van der Waals surface area contributed by atoms with Crippen LogP contribution in [0.3, 0.4) is 0 Å². The molecule has 0 heterocycles. The second kappa shape index (κ2) is 6.78. The van der Waals surface area contributed by atoms with Crippen LogP contribution in [0, 0.1) is 12.8 Å². The molecule has 1 aromatic rings. The molecule has 0 aromatic heterocycles. The summed E-state index contributed by atoms with van der Waals surface area (Å²) in [4.78, 5) is 11.9. The smallest absolute Gasteiger partial charge is 0.251 e. The zero-order valence-electron chi connectivity index (χ0n) is 12.8. The summed E-state index contributed by atoms with van der Waals surface area (Å²) in [5.41, 5.74) is 3.06. The molecule has 3 heteroatoms. The lowest BCUT2D eigenvalue weighted by Gasteiger charge is -2.22. The minimum atomic E-state index is 0.00835. The molecule has 1 saturated carbocycles. The summed E-state index contributed by atoms with van der Waals surface area (Å²) in [6.07, 6.45) is 5.10. The average Bonchev–Trinajstić information content (AvgIpc) is 2.88. The number of carbonyl (C=O) groups is 1. The van der Waals surface area contributed by atoms with Gasteiger partial charge in [0.15, 0.2) is 0 Å². The molecule has 0 aliphatic heterocycles. The van der Waals surface area contributed by atoms with Crippen molar-refractivity contribution in [1.29, 1.82) is 0 Å². The topological polar surface area (TPSA) is 41.1 Å². The van der Waals surface area contributed by atoms with Crippen LogP contribution in [0.25, 0.3) is 0 Å². The molecular formula is C17H26N2O. The number of nitrogens with one attached hydrogen (secondary N) is 2. The summed E-state index contributed by atoms with van der Waals surface area (Å²) in [7, 11) is 0. The van der Waals surface area contributed by atoms with Crippen molar-refractivity contribution in [1.82, 2.24) is 5.32 Å². The third-order valence-electron chi connectivity index (χ3n) is 4.36. The summed E-state index contributed by atoms with van der Waals surface area (Å²) in [6.45, 7) is 6.97. The van der Waals surface area contributed by atoms with Crippen LogP contribution in [0.5, 0.6) is 0 Å². The van der Waals surface area contributed by atoms with E-state index >= 15 is 0 Å². The minimum Gasteiger partial charge on any atom is -0.382 e. The van der Waals surface area contributed by atoms with Crippen LogP contribution in [-0.4, -0.2) is 18.5 Å². The highest BCUT2D eigenvalue weighted by molar-refractivity contribution is 5.95. The quantitative estimate of drug-likeness (QED) is 0.859. The van der Waals surface area contributed by atoms with Gasteiger partial charge in [-0.3, -0.25) is 4.79 Å². The first-order chi connectivity index (χ1) is 9.65. The Bertz CT molecular complexity index is 470. The molecule has 2 atom stereocenters. The number of benzene rings is 1. The molecule has 1 aliphatic carbocycles. The standard InChI is InChI=1S/C17H26N2O/c1-4-13-7-6-8-15(13)19-16-11-14(10-9-12(16)3)17(20)18-5-2/h9-11,13,15,19H,4-8H2,1-3H3,(H,18,20). The van der Waals surface area contributed by atoms with E-state index in [1.807, 2.05) is 25.1 Å². The lowest BCUT2D eigenvalue weighted by Crippen LogP contribution is -2.25. The van der Waals surface area contributed by atoms with Crippen LogP contribution in [0.2, 0.25) is 0 Å². The maximum atomic E-state index is 11.9. The van der Waals surface area contributed by atoms with E-state index in [1.165, 1.54) is 31.2 Å². The van der Waals surface area contributed by atoms with Crippen LogP contribution < -0.4 is 10.6 Å². The highest BCUT2D eigenvalue weighted by Crippen LogP contribution is 2.31. The molecule has 0 saturated heterocycles. The molecule has 3 nitrogen and oxygen atoms in total. The van der Waals surface area contributed by atoms with Gasteiger partial charge in [-0.05, 0) is 50.3 Å². The zero-order valence-corrected chi connectivity index (χ0v) is 12.8. The van der Waals surface area contributed by atoms with Crippen LogP contribution >= 0.6 is 0 Å². The van der Waals surface area contributed by atoms with Gasteiger partial charge >= 0.3 is 0 Å². The van der Waals surface area contributed by atoms with Crippen molar-refractivity contribution >= 4 is 11.6 Å². The maximum Gasteiger partial charge on any atom is 0.251 e. The SMILES string of the molecule is CCNC(=O)c1ccc(C)c(NC2CCCC2CC)c1. The Hall–Kier alpha value is -1.51. The molecule has 1 aromatic carbocycles. The number of carbonyl (C=O) groups excluding carboxylic acids is 1. The van der Waals surface area contributed by atoms with Crippen LogP contribution in [0.4, 0.5) is 5.69 Å². The van der Waals surface area contributed by atoms with E-state index in [1.54, 1.807) is 0 Å². The molecule has 110 valence electrons. The van der Waals surface area contributed by atoms with Gasteiger partial charge in [0.05, 0.1) is 0 Å². The molecule has 1 fully saturated rings. The first-order valence-corrected chi connectivity index (χ1v) is 7.81. The third kappa shape index (κ3) is 3.33. The second-order valence-electron chi connectivity index (χ2n) is 5.74. The molecular weight excluding hydrogens is 248 g/mol. The lowest BCUT2D eigenvalue weighted by molar-refractivity contribution is 0.0956. The van der Waals surface area contributed by atoms with E-state index in [0.717, 1.165) is 17.2 Å².